The topological polar surface area (TPSA) is 80.7 Å². The molecule has 1 aromatic heterocycles. The van der Waals surface area contributed by atoms with Gasteiger partial charge in [-0.1, -0.05) is 0 Å². The van der Waals surface area contributed by atoms with Crippen LogP contribution in [0, 0.1) is 5.82 Å². The first-order valence-electron chi connectivity index (χ1n) is 6.85. The van der Waals surface area contributed by atoms with Crippen LogP contribution < -0.4 is 14.2 Å². The number of nitrogens with one attached hydrogen (secondary N) is 1. The van der Waals surface area contributed by atoms with Crippen LogP contribution in [0.25, 0.3) is 10.9 Å². The van der Waals surface area contributed by atoms with Gasteiger partial charge in [0.1, 0.15) is 17.0 Å². The van der Waals surface area contributed by atoms with Crippen molar-refractivity contribution in [2.24, 2.45) is 0 Å². The number of fused-ring (bicyclic) bond motifs is 1. The van der Waals surface area contributed by atoms with Gasteiger partial charge < -0.3 is 9.47 Å². The van der Waals surface area contributed by atoms with E-state index >= 15 is 0 Å². The molecule has 2 N–H and O–H groups in total. The highest BCUT2D eigenvalue weighted by Crippen LogP contribution is 2.33. The Bertz CT molecular complexity index is 902. The Morgan fingerprint density at radius 1 is 1.12 bits per heavy atom. The number of pyridine rings is 1. The highest BCUT2D eigenvalue weighted by atomic mass is 32.2. The van der Waals surface area contributed by atoms with Gasteiger partial charge in [0.25, 0.3) is 11.3 Å². The number of rotatable bonds is 5. The lowest BCUT2D eigenvalue weighted by molar-refractivity contribution is 0.388. The Morgan fingerprint density at radius 3 is 2.54 bits per heavy atom. The summed E-state index contributed by atoms with van der Waals surface area (Å²) in [6.45, 7) is 0. The Hall–Kier alpha value is -2.71. The van der Waals surface area contributed by atoms with Crippen LogP contribution in [0.5, 0.6) is 17.2 Å². The summed E-state index contributed by atoms with van der Waals surface area (Å²) < 4.78 is 46.8. The second-order valence-electron chi connectivity index (χ2n) is 4.76. The molecule has 0 saturated heterocycles. The molecule has 1 atom stereocenters. The molecule has 2 aromatic carbocycles. The highest BCUT2D eigenvalue weighted by Gasteiger charge is 2.12. The number of methoxy groups -OCH3 is 1. The van der Waals surface area contributed by atoms with E-state index in [0.29, 0.717) is 22.6 Å². The van der Waals surface area contributed by atoms with E-state index in [4.69, 9.17) is 14.0 Å². The van der Waals surface area contributed by atoms with Crippen LogP contribution in [0.4, 0.5) is 10.1 Å². The molecule has 24 heavy (non-hydrogen) atoms. The summed E-state index contributed by atoms with van der Waals surface area (Å²) in [4.78, 5) is 4.03. The van der Waals surface area contributed by atoms with E-state index in [9.17, 15) is 8.60 Å². The van der Waals surface area contributed by atoms with Crippen LogP contribution in [0.1, 0.15) is 0 Å². The van der Waals surface area contributed by atoms with E-state index in [1.165, 1.54) is 19.4 Å². The standard InChI is InChI=1S/C16H13FN2O4S/c1-22-14-7-6-12-13(8-9-18-16(12)15(14)17)23-11-4-2-10(3-5-11)19-24(20)21/h2-9,19H,1H3,(H,20,21). The summed E-state index contributed by atoms with van der Waals surface area (Å²) in [7, 11) is 1.39. The SMILES string of the molecule is COc1ccc2c(Oc3ccc(NS(=O)O)cc3)ccnc2c1F. The fraction of sp³-hybridized carbons (Fsp3) is 0.0625. The molecule has 0 amide bonds. The maximum atomic E-state index is 14.3. The first-order valence-corrected chi connectivity index (χ1v) is 7.96. The van der Waals surface area contributed by atoms with Gasteiger partial charge in [0, 0.05) is 17.3 Å². The molecule has 0 aliphatic rings. The van der Waals surface area contributed by atoms with E-state index in [0.717, 1.165) is 0 Å². The number of benzene rings is 2. The monoisotopic (exact) mass is 348 g/mol. The van der Waals surface area contributed by atoms with Crippen molar-refractivity contribution in [3.8, 4) is 17.2 Å². The minimum absolute atomic E-state index is 0.111. The van der Waals surface area contributed by atoms with Crippen LogP contribution in [-0.4, -0.2) is 20.9 Å². The summed E-state index contributed by atoms with van der Waals surface area (Å²) in [5.74, 6) is 0.492. The molecule has 124 valence electrons. The largest absolute Gasteiger partial charge is 0.494 e. The molecule has 8 heteroatoms. The molecule has 0 aliphatic heterocycles. The number of hydrogen-bond acceptors (Lipinski definition) is 4. The van der Waals surface area contributed by atoms with Crippen molar-refractivity contribution in [1.82, 2.24) is 4.98 Å². The van der Waals surface area contributed by atoms with Crippen LogP contribution in [0.3, 0.4) is 0 Å². The molecule has 1 heterocycles. The van der Waals surface area contributed by atoms with Crippen molar-refractivity contribution in [3.05, 3.63) is 54.5 Å². The number of nitrogens with zero attached hydrogens (tertiary/aromatic N) is 1. The summed E-state index contributed by atoms with van der Waals surface area (Å²) >= 11 is -2.14. The van der Waals surface area contributed by atoms with Crippen molar-refractivity contribution in [2.45, 2.75) is 0 Å². The smallest absolute Gasteiger partial charge is 0.259 e. The molecule has 0 saturated carbocycles. The van der Waals surface area contributed by atoms with Crippen molar-refractivity contribution in [1.29, 1.82) is 0 Å². The number of halogens is 1. The van der Waals surface area contributed by atoms with Crippen molar-refractivity contribution < 1.29 is 22.6 Å². The molecule has 0 spiro atoms. The van der Waals surface area contributed by atoms with Gasteiger partial charge in [-0.05, 0) is 42.5 Å². The van der Waals surface area contributed by atoms with Crippen LogP contribution in [0.15, 0.2) is 48.7 Å². The quantitative estimate of drug-likeness (QED) is 0.687. The third-order valence-corrected chi connectivity index (χ3v) is 3.69. The lowest BCUT2D eigenvalue weighted by Crippen LogP contribution is -2.01. The molecule has 0 radical (unpaired) electrons. The maximum absolute atomic E-state index is 14.3. The summed E-state index contributed by atoms with van der Waals surface area (Å²) in [5, 5.41) is 0.509. The predicted molar refractivity (Wildman–Crippen MR) is 89.2 cm³/mol. The first-order chi connectivity index (χ1) is 11.6. The number of hydrogen-bond donors (Lipinski definition) is 2. The van der Waals surface area contributed by atoms with Gasteiger partial charge in [0.2, 0.25) is 0 Å². The van der Waals surface area contributed by atoms with Gasteiger partial charge >= 0.3 is 0 Å². The normalized spacial score (nSPS) is 12.0. The average Bonchev–Trinajstić information content (AvgIpc) is 2.57. The van der Waals surface area contributed by atoms with Crippen LogP contribution in [0.2, 0.25) is 0 Å². The molecule has 6 nitrogen and oxygen atoms in total. The molecule has 0 aliphatic carbocycles. The fourth-order valence-electron chi connectivity index (χ4n) is 2.21. The van der Waals surface area contributed by atoms with E-state index in [1.54, 1.807) is 36.4 Å². The van der Waals surface area contributed by atoms with Gasteiger partial charge in [-0.3, -0.25) is 14.3 Å². The van der Waals surface area contributed by atoms with E-state index in [1.807, 2.05) is 0 Å². The maximum Gasteiger partial charge on any atom is 0.259 e. The van der Waals surface area contributed by atoms with Gasteiger partial charge in [-0.25, -0.2) is 8.60 Å². The minimum atomic E-state index is -2.14. The molecule has 0 fully saturated rings. The first kappa shape index (κ1) is 16.2. The predicted octanol–water partition coefficient (Wildman–Crippen LogP) is 3.72. The summed E-state index contributed by atoms with van der Waals surface area (Å²) in [6.07, 6.45) is 1.45. The zero-order valence-electron chi connectivity index (χ0n) is 12.5. The van der Waals surface area contributed by atoms with Gasteiger partial charge in [0.05, 0.1) is 7.11 Å². The molecular weight excluding hydrogens is 335 g/mol. The Morgan fingerprint density at radius 2 is 1.88 bits per heavy atom. The van der Waals surface area contributed by atoms with E-state index in [-0.39, 0.29) is 11.3 Å². The second kappa shape index (κ2) is 6.81. The Balaban J connectivity index is 1.93. The summed E-state index contributed by atoms with van der Waals surface area (Å²) in [5.41, 5.74) is 0.624. The van der Waals surface area contributed by atoms with Crippen molar-refractivity contribution in [2.75, 3.05) is 11.8 Å². The van der Waals surface area contributed by atoms with E-state index < -0.39 is 17.1 Å². The van der Waals surface area contributed by atoms with Crippen molar-refractivity contribution in [3.63, 3.8) is 0 Å². The van der Waals surface area contributed by atoms with Gasteiger partial charge in [-0.2, -0.15) is 0 Å². The average molecular weight is 348 g/mol. The third kappa shape index (κ3) is 3.29. The molecule has 3 aromatic rings. The highest BCUT2D eigenvalue weighted by molar-refractivity contribution is 7.80. The third-order valence-electron chi connectivity index (χ3n) is 3.28. The Labute approximate surface area is 139 Å². The van der Waals surface area contributed by atoms with E-state index in [2.05, 4.69) is 9.71 Å². The van der Waals surface area contributed by atoms with Crippen LogP contribution in [-0.2, 0) is 11.3 Å². The molecule has 0 bridgehead atoms. The second-order valence-corrected chi connectivity index (χ2v) is 5.47. The fourth-order valence-corrected chi connectivity index (χ4v) is 2.54. The zero-order valence-corrected chi connectivity index (χ0v) is 13.3. The zero-order chi connectivity index (χ0) is 17.1. The minimum Gasteiger partial charge on any atom is -0.494 e. The summed E-state index contributed by atoms with van der Waals surface area (Å²) in [6, 6.07) is 11.2. The molecule has 1 unspecified atom stereocenters. The van der Waals surface area contributed by atoms with Gasteiger partial charge in [-0.15, -0.1) is 0 Å². The lowest BCUT2D eigenvalue weighted by atomic mass is 10.2. The lowest BCUT2D eigenvalue weighted by Gasteiger charge is -2.11. The van der Waals surface area contributed by atoms with Gasteiger partial charge in [0.15, 0.2) is 11.6 Å². The Kier molecular flexibility index (Phi) is 4.59. The van der Waals surface area contributed by atoms with Crippen molar-refractivity contribution >= 4 is 27.9 Å². The molecular formula is C16H13FN2O4S. The number of aromatic nitrogens is 1. The molecule has 3 rings (SSSR count). The number of anilines is 1. The van der Waals surface area contributed by atoms with Crippen LogP contribution >= 0.6 is 0 Å². The number of ether oxygens (including phenoxy) is 2.